The van der Waals surface area contributed by atoms with Gasteiger partial charge in [0.05, 0.1) is 17.6 Å². The van der Waals surface area contributed by atoms with Crippen LogP contribution in [-0.2, 0) is 4.74 Å². The molecule has 0 aromatic carbocycles. The maximum Gasteiger partial charge on any atom is 0.106 e. The second-order valence-electron chi connectivity index (χ2n) is 5.59. The third-order valence-electron chi connectivity index (χ3n) is 4.76. The van der Waals surface area contributed by atoms with Crippen molar-refractivity contribution < 1.29 is 9.84 Å². The molecule has 1 N–H and O–H groups in total. The van der Waals surface area contributed by atoms with Gasteiger partial charge in [-0.2, -0.15) is 5.26 Å². The van der Waals surface area contributed by atoms with E-state index in [2.05, 4.69) is 13.0 Å². The lowest BCUT2D eigenvalue weighted by Gasteiger charge is -2.47. The maximum absolute atomic E-state index is 10.7. The van der Waals surface area contributed by atoms with Crippen LogP contribution in [0.4, 0.5) is 0 Å². The molecule has 4 atom stereocenters. The molecule has 98 valence electrons. The Bertz CT molecular complexity index is 295. The summed E-state index contributed by atoms with van der Waals surface area (Å²) in [7, 11) is 1.59. The van der Waals surface area contributed by atoms with E-state index in [1.165, 1.54) is 6.42 Å². The Balaban J connectivity index is 2.99. The molecule has 0 aromatic heterocycles. The monoisotopic (exact) mass is 239 g/mol. The molecular weight excluding hydrogens is 214 g/mol. The van der Waals surface area contributed by atoms with Gasteiger partial charge >= 0.3 is 0 Å². The third-order valence-corrected chi connectivity index (χ3v) is 4.76. The molecule has 0 saturated heterocycles. The highest BCUT2D eigenvalue weighted by Gasteiger charge is 2.52. The first-order valence-electron chi connectivity index (χ1n) is 6.60. The minimum atomic E-state index is -1.08. The van der Waals surface area contributed by atoms with E-state index in [1.54, 1.807) is 14.0 Å². The van der Waals surface area contributed by atoms with E-state index in [4.69, 9.17) is 4.74 Å². The van der Waals surface area contributed by atoms with E-state index in [9.17, 15) is 10.4 Å². The average Bonchev–Trinajstić information content (AvgIpc) is 2.37. The van der Waals surface area contributed by atoms with E-state index in [0.29, 0.717) is 5.92 Å². The number of nitriles is 1. The van der Waals surface area contributed by atoms with Crippen molar-refractivity contribution in [2.75, 3.05) is 7.11 Å². The Hall–Kier alpha value is -0.590. The molecule has 1 aliphatic rings. The van der Waals surface area contributed by atoms with Crippen LogP contribution in [0.3, 0.4) is 0 Å². The predicted molar refractivity (Wildman–Crippen MR) is 67.4 cm³/mol. The third kappa shape index (κ3) is 2.48. The van der Waals surface area contributed by atoms with E-state index >= 15 is 0 Å². The summed E-state index contributed by atoms with van der Waals surface area (Å²) in [6, 6.07) is 2.41. The van der Waals surface area contributed by atoms with Gasteiger partial charge in [-0.3, -0.25) is 0 Å². The van der Waals surface area contributed by atoms with Crippen molar-refractivity contribution in [1.82, 2.24) is 0 Å². The molecule has 1 saturated carbocycles. The molecule has 1 aliphatic carbocycles. The van der Waals surface area contributed by atoms with Crippen LogP contribution in [0, 0.1) is 22.7 Å². The second-order valence-corrected chi connectivity index (χ2v) is 5.59. The van der Waals surface area contributed by atoms with Crippen molar-refractivity contribution in [1.29, 1.82) is 5.26 Å². The van der Waals surface area contributed by atoms with Crippen LogP contribution in [0.1, 0.15) is 52.9 Å². The van der Waals surface area contributed by atoms with Crippen molar-refractivity contribution in [2.45, 2.75) is 64.6 Å². The number of nitrogens with zero attached hydrogens (tertiary/aromatic N) is 1. The van der Waals surface area contributed by atoms with Gasteiger partial charge in [-0.25, -0.2) is 0 Å². The fraction of sp³-hybridized carbons (Fsp3) is 0.929. The number of aliphatic hydroxyl groups is 1. The Morgan fingerprint density at radius 2 is 2.29 bits per heavy atom. The molecule has 1 fully saturated rings. The molecule has 0 radical (unpaired) electrons. The second kappa shape index (κ2) is 5.37. The van der Waals surface area contributed by atoms with Crippen molar-refractivity contribution in [3.8, 4) is 6.07 Å². The smallest absolute Gasteiger partial charge is 0.106 e. The lowest BCUT2D eigenvalue weighted by atomic mass is 9.60. The zero-order chi connectivity index (χ0) is 13.1. The first-order chi connectivity index (χ1) is 7.93. The van der Waals surface area contributed by atoms with E-state index in [-0.39, 0.29) is 6.10 Å². The van der Waals surface area contributed by atoms with Gasteiger partial charge in [0, 0.05) is 7.11 Å². The zero-order valence-electron chi connectivity index (χ0n) is 11.5. The summed E-state index contributed by atoms with van der Waals surface area (Å²) in [5.74, 6) is 0.555. The highest BCUT2D eigenvalue weighted by molar-refractivity contribution is 5.13. The molecule has 0 spiro atoms. The van der Waals surface area contributed by atoms with E-state index in [1.807, 2.05) is 6.92 Å². The van der Waals surface area contributed by atoms with E-state index < -0.39 is 11.0 Å². The average molecular weight is 239 g/mol. The molecule has 0 bridgehead atoms. The lowest BCUT2D eigenvalue weighted by molar-refractivity contribution is -0.147. The van der Waals surface area contributed by atoms with Crippen molar-refractivity contribution in [2.24, 2.45) is 11.3 Å². The highest BCUT2D eigenvalue weighted by atomic mass is 16.5. The van der Waals surface area contributed by atoms with E-state index in [0.717, 1.165) is 25.7 Å². The van der Waals surface area contributed by atoms with Gasteiger partial charge < -0.3 is 9.84 Å². The molecule has 0 heterocycles. The first-order valence-corrected chi connectivity index (χ1v) is 6.60. The Morgan fingerprint density at radius 1 is 1.65 bits per heavy atom. The van der Waals surface area contributed by atoms with Crippen LogP contribution >= 0.6 is 0 Å². The van der Waals surface area contributed by atoms with Gasteiger partial charge in [-0.15, -0.1) is 0 Å². The van der Waals surface area contributed by atoms with Crippen LogP contribution in [-0.4, -0.2) is 23.9 Å². The number of hydrogen-bond acceptors (Lipinski definition) is 3. The summed E-state index contributed by atoms with van der Waals surface area (Å²) in [4.78, 5) is 0. The number of ether oxygens (including phenoxy) is 1. The highest BCUT2D eigenvalue weighted by Crippen LogP contribution is 2.49. The van der Waals surface area contributed by atoms with Gasteiger partial charge in [0.15, 0.2) is 0 Å². The Kier molecular flexibility index (Phi) is 4.57. The van der Waals surface area contributed by atoms with Crippen molar-refractivity contribution in [3.63, 3.8) is 0 Å². The summed E-state index contributed by atoms with van der Waals surface area (Å²) in [5, 5.41) is 20.3. The molecule has 0 aromatic rings. The van der Waals surface area contributed by atoms with Crippen LogP contribution in [0.2, 0.25) is 0 Å². The summed E-state index contributed by atoms with van der Waals surface area (Å²) in [5.41, 5.74) is -1.73. The van der Waals surface area contributed by atoms with Crippen molar-refractivity contribution in [3.05, 3.63) is 0 Å². The maximum atomic E-state index is 10.7. The van der Waals surface area contributed by atoms with Crippen LogP contribution < -0.4 is 0 Å². The number of hydrogen-bond donors (Lipinski definition) is 1. The first kappa shape index (κ1) is 14.5. The summed E-state index contributed by atoms with van der Waals surface area (Å²) < 4.78 is 5.26. The fourth-order valence-corrected chi connectivity index (χ4v) is 3.03. The molecular formula is C14H25NO2. The van der Waals surface area contributed by atoms with Crippen LogP contribution in [0.25, 0.3) is 0 Å². The number of methoxy groups -OCH3 is 1. The van der Waals surface area contributed by atoms with Gasteiger partial charge in [0.25, 0.3) is 0 Å². The van der Waals surface area contributed by atoms with Gasteiger partial charge in [0.2, 0.25) is 0 Å². The lowest BCUT2D eigenvalue weighted by Crippen LogP contribution is -2.55. The largest absolute Gasteiger partial charge is 0.386 e. The quantitative estimate of drug-likeness (QED) is 0.820. The van der Waals surface area contributed by atoms with Crippen LogP contribution in [0.15, 0.2) is 0 Å². The standard InChI is InChI=1S/C14H25NO2/c1-5-12-7-6-8-14(9-12,10-15)13(3,16)11(2)17-4/h11-12,16H,5-9H2,1-4H3. The predicted octanol–water partition coefficient (Wildman–Crippen LogP) is 2.88. The number of rotatable bonds is 4. The minimum Gasteiger partial charge on any atom is -0.386 e. The topological polar surface area (TPSA) is 53.2 Å². The molecule has 0 aliphatic heterocycles. The SMILES string of the molecule is CCC1CCCC(C#N)(C(C)(O)C(C)OC)C1. The molecule has 0 amide bonds. The summed E-state index contributed by atoms with van der Waals surface area (Å²) in [6.45, 7) is 5.75. The van der Waals surface area contributed by atoms with Gasteiger partial charge in [-0.1, -0.05) is 26.2 Å². The van der Waals surface area contributed by atoms with Gasteiger partial charge in [-0.05, 0) is 32.6 Å². The molecule has 1 rings (SSSR count). The normalized spacial score (nSPS) is 34.7. The van der Waals surface area contributed by atoms with Crippen LogP contribution in [0.5, 0.6) is 0 Å². The summed E-state index contributed by atoms with van der Waals surface area (Å²) in [6.07, 6.45) is 4.54. The summed E-state index contributed by atoms with van der Waals surface area (Å²) >= 11 is 0. The fourth-order valence-electron chi connectivity index (χ4n) is 3.03. The Labute approximate surface area is 105 Å². The zero-order valence-corrected chi connectivity index (χ0v) is 11.5. The Morgan fingerprint density at radius 3 is 2.76 bits per heavy atom. The van der Waals surface area contributed by atoms with Gasteiger partial charge in [0.1, 0.15) is 5.60 Å². The van der Waals surface area contributed by atoms with Crippen molar-refractivity contribution >= 4 is 0 Å². The molecule has 3 nitrogen and oxygen atoms in total. The molecule has 3 heteroatoms. The molecule has 17 heavy (non-hydrogen) atoms. The molecule has 4 unspecified atom stereocenters. The minimum absolute atomic E-state index is 0.322.